The van der Waals surface area contributed by atoms with Crippen LogP contribution in [0.2, 0.25) is 0 Å². The van der Waals surface area contributed by atoms with Gasteiger partial charge in [0.2, 0.25) is 0 Å². The first-order chi connectivity index (χ1) is 18.4. The van der Waals surface area contributed by atoms with Crippen molar-refractivity contribution in [2.24, 2.45) is 0 Å². The fourth-order valence-corrected chi connectivity index (χ4v) is 4.81. The lowest BCUT2D eigenvalue weighted by molar-refractivity contribution is -0.139. The summed E-state index contributed by atoms with van der Waals surface area (Å²) in [7, 11) is 4.02. The molecule has 0 unspecified atom stereocenters. The number of carboxylic acids is 1. The van der Waals surface area contributed by atoms with E-state index in [1.54, 1.807) is 12.1 Å². The molecule has 196 valence electrons. The normalized spacial score (nSPS) is 13.1. The van der Waals surface area contributed by atoms with Crippen LogP contribution in [-0.4, -0.2) is 55.1 Å². The van der Waals surface area contributed by atoms with E-state index in [-0.39, 0.29) is 6.61 Å². The number of nitrogens with zero attached hydrogens (tertiary/aromatic N) is 1. The van der Waals surface area contributed by atoms with Crippen LogP contribution in [0.1, 0.15) is 35.1 Å². The number of thioether (sulfide) groups is 1. The molecule has 5 nitrogen and oxygen atoms in total. The van der Waals surface area contributed by atoms with Gasteiger partial charge in [0.15, 0.2) is 6.61 Å². The number of carbonyl (C=O) groups is 1. The molecule has 38 heavy (non-hydrogen) atoms. The van der Waals surface area contributed by atoms with Crippen molar-refractivity contribution in [2.75, 3.05) is 33.9 Å². The van der Waals surface area contributed by atoms with E-state index in [2.05, 4.69) is 66.4 Å². The highest BCUT2D eigenvalue weighted by atomic mass is 32.2. The smallest absolute Gasteiger partial charge is 0.341 e. The molecule has 3 aromatic carbocycles. The van der Waals surface area contributed by atoms with Crippen LogP contribution >= 0.6 is 11.8 Å². The molecular weight excluding hydrogens is 494 g/mol. The predicted octanol–water partition coefficient (Wildman–Crippen LogP) is 6.14. The Hall–Kier alpha value is -3.66. The minimum Gasteiger partial charge on any atom is -0.489 e. The Morgan fingerprint density at radius 1 is 1.03 bits per heavy atom. The lowest BCUT2D eigenvalue weighted by Crippen LogP contribution is -2.10. The second-order valence-electron chi connectivity index (χ2n) is 9.50. The van der Waals surface area contributed by atoms with Gasteiger partial charge in [-0.25, -0.2) is 4.79 Å². The Morgan fingerprint density at radius 2 is 1.71 bits per heavy atom. The predicted molar refractivity (Wildman–Crippen MR) is 154 cm³/mol. The Morgan fingerprint density at radius 3 is 2.32 bits per heavy atom. The standard InChI is InChI=1S/C32H33NO4S/c1-23-21-27(12-17-31(23)37-22-32(34)35)36-20-18-30(26-10-13-28(14-11-26)38-29-15-16-29)25-8-6-24(7-9-25)5-4-19-33(2)3/h6-14,17-18,21,29H,15-16,19-20,22H2,1-3H3,(H,34,35). The Labute approximate surface area is 229 Å². The van der Waals surface area contributed by atoms with Crippen molar-refractivity contribution in [1.82, 2.24) is 4.90 Å². The van der Waals surface area contributed by atoms with Gasteiger partial charge in [-0.2, -0.15) is 0 Å². The van der Waals surface area contributed by atoms with Crippen molar-refractivity contribution >= 4 is 23.3 Å². The summed E-state index contributed by atoms with van der Waals surface area (Å²) in [6.45, 7) is 2.61. The maximum absolute atomic E-state index is 10.8. The summed E-state index contributed by atoms with van der Waals surface area (Å²) in [5.74, 6) is 6.63. The highest BCUT2D eigenvalue weighted by molar-refractivity contribution is 8.00. The van der Waals surface area contributed by atoms with Crippen LogP contribution in [-0.2, 0) is 4.79 Å². The number of aliphatic carboxylic acids is 1. The zero-order chi connectivity index (χ0) is 26.9. The molecule has 4 rings (SSSR count). The minimum absolute atomic E-state index is 0.370. The van der Waals surface area contributed by atoms with E-state index >= 15 is 0 Å². The molecule has 1 fully saturated rings. The first-order valence-corrected chi connectivity index (χ1v) is 13.5. The maximum atomic E-state index is 10.8. The van der Waals surface area contributed by atoms with Gasteiger partial charge in [-0.3, -0.25) is 4.90 Å². The monoisotopic (exact) mass is 527 g/mol. The van der Waals surface area contributed by atoms with Crippen molar-refractivity contribution in [3.8, 4) is 23.3 Å². The average Bonchev–Trinajstić information content (AvgIpc) is 3.71. The average molecular weight is 528 g/mol. The zero-order valence-corrected chi connectivity index (χ0v) is 22.9. The van der Waals surface area contributed by atoms with E-state index in [0.29, 0.717) is 18.1 Å². The third kappa shape index (κ3) is 8.44. The van der Waals surface area contributed by atoms with Crippen LogP contribution in [0.4, 0.5) is 0 Å². The SMILES string of the molecule is Cc1cc(OCC=C(c2ccc(C#CCN(C)C)cc2)c2ccc(SC3CC3)cc2)ccc1OCC(=O)O. The van der Waals surface area contributed by atoms with Gasteiger partial charge in [0.25, 0.3) is 0 Å². The quantitative estimate of drug-likeness (QED) is 0.303. The number of rotatable bonds is 11. The maximum Gasteiger partial charge on any atom is 0.341 e. The van der Waals surface area contributed by atoms with Gasteiger partial charge >= 0.3 is 5.97 Å². The van der Waals surface area contributed by atoms with Crippen molar-refractivity contribution in [3.63, 3.8) is 0 Å². The molecule has 1 N–H and O–H groups in total. The Balaban J connectivity index is 1.51. The molecule has 0 aliphatic heterocycles. The zero-order valence-electron chi connectivity index (χ0n) is 22.1. The molecule has 1 aliphatic carbocycles. The number of aryl methyl sites for hydroxylation is 1. The molecule has 0 heterocycles. The van der Waals surface area contributed by atoms with E-state index < -0.39 is 5.97 Å². The first kappa shape index (κ1) is 27.4. The number of benzene rings is 3. The lowest BCUT2D eigenvalue weighted by Gasteiger charge is -2.12. The van der Waals surface area contributed by atoms with Crippen LogP contribution in [0.3, 0.4) is 0 Å². The van der Waals surface area contributed by atoms with Crippen LogP contribution in [0.15, 0.2) is 77.7 Å². The molecule has 0 bridgehead atoms. The van der Waals surface area contributed by atoms with Crippen molar-refractivity contribution < 1.29 is 19.4 Å². The van der Waals surface area contributed by atoms with Crippen LogP contribution in [0.25, 0.3) is 5.57 Å². The van der Waals surface area contributed by atoms with E-state index in [9.17, 15) is 4.79 Å². The van der Waals surface area contributed by atoms with Gasteiger partial charge in [-0.1, -0.05) is 36.1 Å². The van der Waals surface area contributed by atoms with Gasteiger partial charge in [-0.15, -0.1) is 11.8 Å². The van der Waals surface area contributed by atoms with Crippen LogP contribution in [0.5, 0.6) is 11.5 Å². The van der Waals surface area contributed by atoms with Crippen molar-refractivity contribution in [2.45, 2.75) is 29.9 Å². The molecule has 1 saturated carbocycles. The highest BCUT2D eigenvalue weighted by Crippen LogP contribution is 2.39. The number of ether oxygens (including phenoxy) is 2. The number of hydrogen-bond acceptors (Lipinski definition) is 5. The minimum atomic E-state index is -1.00. The van der Waals surface area contributed by atoms with Gasteiger partial charge in [0, 0.05) is 15.7 Å². The lowest BCUT2D eigenvalue weighted by atomic mass is 9.97. The third-order valence-electron chi connectivity index (χ3n) is 5.85. The second kappa shape index (κ2) is 13.2. The summed E-state index contributed by atoms with van der Waals surface area (Å²) in [6, 6.07) is 22.5. The highest BCUT2D eigenvalue weighted by Gasteiger charge is 2.22. The van der Waals surface area contributed by atoms with Gasteiger partial charge in [-0.05, 0) is 105 Å². The molecular formula is C32H33NO4S. The molecule has 0 spiro atoms. The summed E-state index contributed by atoms with van der Waals surface area (Å²) in [5, 5.41) is 9.61. The molecule has 3 aromatic rings. The topological polar surface area (TPSA) is 59.0 Å². The molecule has 0 amide bonds. The number of carboxylic acid groups (broad SMARTS) is 1. The van der Waals surface area contributed by atoms with E-state index in [1.165, 1.54) is 17.7 Å². The van der Waals surface area contributed by atoms with Gasteiger partial charge < -0.3 is 14.6 Å². The molecule has 0 saturated heterocycles. The first-order valence-electron chi connectivity index (χ1n) is 12.7. The van der Waals surface area contributed by atoms with Crippen molar-refractivity contribution in [3.05, 3.63) is 95.1 Å². The second-order valence-corrected chi connectivity index (χ2v) is 10.9. The molecule has 1 aliphatic rings. The fourth-order valence-electron chi connectivity index (χ4n) is 3.76. The van der Waals surface area contributed by atoms with Crippen molar-refractivity contribution in [1.29, 1.82) is 0 Å². The summed E-state index contributed by atoms with van der Waals surface area (Å²) in [6.07, 6.45) is 4.72. The fraction of sp³-hybridized carbons (Fsp3) is 0.281. The Kier molecular flexibility index (Phi) is 9.53. The van der Waals surface area contributed by atoms with E-state index in [1.807, 2.05) is 43.7 Å². The van der Waals surface area contributed by atoms with Crippen LogP contribution < -0.4 is 9.47 Å². The molecule has 6 heteroatoms. The molecule has 0 aromatic heterocycles. The molecule has 0 radical (unpaired) electrons. The summed E-state index contributed by atoms with van der Waals surface area (Å²) in [4.78, 5) is 14.1. The summed E-state index contributed by atoms with van der Waals surface area (Å²) >= 11 is 1.95. The van der Waals surface area contributed by atoms with E-state index in [0.717, 1.165) is 39.6 Å². The third-order valence-corrected chi connectivity index (χ3v) is 7.20. The number of hydrogen-bond donors (Lipinski definition) is 1. The summed E-state index contributed by atoms with van der Waals surface area (Å²) in [5.41, 5.74) is 5.14. The van der Waals surface area contributed by atoms with Gasteiger partial charge in [0.1, 0.15) is 18.1 Å². The largest absolute Gasteiger partial charge is 0.489 e. The van der Waals surface area contributed by atoms with Gasteiger partial charge in [0.05, 0.1) is 6.54 Å². The Bertz CT molecular complexity index is 1330. The van der Waals surface area contributed by atoms with Crippen LogP contribution in [0, 0.1) is 18.8 Å². The van der Waals surface area contributed by atoms with E-state index in [4.69, 9.17) is 14.6 Å². The summed E-state index contributed by atoms with van der Waals surface area (Å²) < 4.78 is 11.4. The molecule has 0 atom stereocenters.